The maximum Gasteiger partial charge on any atom is 0.237 e. The van der Waals surface area contributed by atoms with E-state index >= 15 is 0 Å². The summed E-state index contributed by atoms with van der Waals surface area (Å²) in [4.78, 5) is 15.1. The number of thiophene rings is 1. The van der Waals surface area contributed by atoms with Gasteiger partial charge in [-0.3, -0.25) is 9.69 Å². The van der Waals surface area contributed by atoms with Gasteiger partial charge in [0, 0.05) is 19.6 Å². The van der Waals surface area contributed by atoms with Crippen molar-refractivity contribution in [1.82, 2.24) is 30.4 Å². The Bertz CT molecular complexity index is 862. The van der Waals surface area contributed by atoms with Gasteiger partial charge >= 0.3 is 0 Å². The number of rotatable bonds is 6. The third-order valence-corrected chi connectivity index (χ3v) is 5.71. The standard InChI is InChI=1S/C19H22N6OS/c1-14-2-4-15(5-3-14)9-20-19(26)18-8-17(25-13-21-22-23-25)11-24(18)10-16-6-7-27-12-16/h2-7,12-13,17-18H,8-11H2,1H3,(H,20,26)/t17-,18+/m1/s1. The molecule has 1 fully saturated rings. The van der Waals surface area contributed by atoms with E-state index in [9.17, 15) is 4.79 Å². The first-order chi connectivity index (χ1) is 13.2. The van der Waals surface area contributed by atoms with E-state index in [0.29, 0.717) is 13.0 Å². The molecule has 4 rings (SSSR count). The van der Waals surface area contributed by atoms with Crippen LogP contribution in [0.3, 0.4) is 0 Å². The second kappa shape index (κ2) is 7.98. The fraction of sp³-hybridized carbons (Fsp3) is 0.368. The van der Waals surface area contributed by atoms with Crippen molar-refractivity contribution in [1.29, 1.82) is 0 Å². The summed E-state index contributed by atoms with van der Waals surface area (Å²) < 4.78 is 1.76. The van der Waals surface area contributed by atoms with Gasteiger partial charge in [-0.25, -0.2) is 4.68 Å². The number of carbonyl (C=O) groups is 1. The highest BCUT2D eigenvalue weighted by Gasteiger charge is 2.38. The molecule has 1 aliphatic rings. The Morgan fingerprint density at radius 1 is 1.26 bits per heavy atom. The predicted octanol–water partition coefficient (Wildman–Crippen LogP) is 2.18. The smallest absolute Gasteiger partial charge is 0.237 e. The molecule has 1 aromatic carbocycles. The van der Waals surface area contributed by atoms with E-state index in [2.05, 4.69) is 73.8 Å². The van der Waals surface area contributed by atoms with Gasteiger partial charge < -0.3 is 5.32 Å². The summed E-state index contributed by atoms with van der Waals surface area (Å²) in [6.45, 7) is 4.11. The van der Waals surface area contributed by atoms with Crippen molar-refractivity contribution in [2.45, 2.75) is 38.5 Å². The summed E-state index contributed by atoms with van der Waals surface area (Å²) in [6.07, 6.45) is 2.33. The molecule has 2 aromatic heterocycles. The Kier molecular flexibility index (Phi) is 5.26. The molecule has 1 amide bonds. The summed E-state index contributed by atoms with van der Waals surface area (Å²) in [7, 11) is 0. The summed E-state index contributed by atoms with van der Waals surface area (Å²) in [6, 6.07) is 10.3. The fourth-order valence-corrected chi connectivity index (χ4v) is 4.14. The average Bonchev–Trinajstić information content (AvgIpc) is 3.43. The molecule has 0 spiro atoms. The summed E-state index contributed by atoms with van der Waals surface area (Å²) in [5.41, 5.74) is 3.55. The first-order valence-corrected chi connectivity index (χ1v) is 9.94. The molecule has 27 heavy (non-hydrogen) atoms. The average molecular weight is 382 g/mol. The lowest BCUT2D eigenvalue weighted by Gasteiger charge is -2.23. The summed E-state index contributed by atoms with van der Waals surface area (Å²) >= 11 is 1.68. The van der Waals surface area contributed by atoms with Crippen molar-refractivity contribution in [2.24, 2.45) is 0 Å². The third kappa shape index (κ3) is 4.23. The number of nitrogens with zero attached hydrogens (tertiary/aromatic N) is 5. The van der Waals surface area contributed by atoms with Crippen LogP contribution in [-0.4, -0.2) is 43.6 Å². The Labute approximate surface area is 162 Å². The molecule has 140 valence electrons. The number of amides is 1. The Balaban J connectivity index is 1.44. The molecular formula is C19H22N6OS. The molecule has 0 radical (unpaired) electrons. The molecule has 0 aliphatic carbocycles. The zero-order chi connectivity index (χ0) is 18.6. The Hall–Kier alpha value is -2.58. The lowest BCUT2D eigenvalue weighted by atomic mass is 10.1. The second-order valence-corrected chi connectivity index (χ2v) is 7.74. The van der Waals surface area contributed by atoms with E-state index in [1.165, 1.54) is 11.1 Å². The molecular weight excluding hydrogens is 360 g/mol. The zero-order valence-electron chi connectivity index (χ0n) is 15.2. The van der Waals surface area contributed by atoms with Gasteiger partial charge in [0.25, 0.3) is 0 Å². The molecule has 1 saturated heterocycles. The van der Waals surface area contributed by atoms with E-state index < -0.39 is 0 Å². The number of aromatic nitrogens is 4. The van der Waals surface area contributed by atoms with Crippen molar-refractivity contribution in [3.8, 4) is 0 Å². The van der Waals surface area contributed by atoms with E-state index in [0.717, 1.165) is 18.7 Å². The molecule has 1 aliphatic heterocycles. The van der Waals surface area contributed by atoms with E-state index in [4.69, 9.17) is 0 Å². The summed E-state index contributed by atoms with van der Waals surface area (Å²) in [5.74, 6) is 0.0568. The van der Waals surface area contributed by atoms with Crippen LogP contribution in [0, 0.1) is 6.92 Å². The van der Waals surface area contributed by atoms with Gasteiger partial charge in [0.15, 0.2) is 0 Å². The number of aryl methyl sites for hydroxylation is 1. The molecule has 3 aromatic rings. The van der Waals surface area contributed by atoms with Gasteiger partial charge in [0.05, 0.1) is 12.1 Å². The molecule has 8 heteroatoms. The molecule has 3 heterocycles. The predicted molar refractivity (Wildman–Crippen MR) is 103 cm³/mol. The van der Waals surface area contributed by atoms with Crippen LogP contribution in [0.25, 0.3) is 0 Å². The monoisotopic (exact) mass is 382 g/mol. The van der Waals surface area contributed by atoms with Crippen LogP contribution in [0.1, 0.15) is 29.2 Å². The fourth-order valence-electron chi connectivity index (χ4n) is 3.48. The van der Waals surface area contributed by atoms with Gasteiger partial charge in [-0.15, -0.1) is 5.10 Å². The normalized spacial score (nSPS) is 20.0. The van der Waals surface area contributed by atoms with Gasteiger partial charge in [-0.05, 0) is 51.7 Å². The number of hydrogen-bond acceptors (Lipinski definition) is 6. The molecule has 0 unspecified atom stereocenters. The van der Waals surface area contributed by atoms with Crippen LogP contribution in [0.2, 0.25) is 0 Å². The van der Waals surface area contributed by atoms with E-state index in [1.54, 1.807) is 22.3 Å². The van der Waals surface area contributed by atoms with Crippen LogP contribution in [0.15, 0.2) is 47.4 Å². The SMILES string of the molecule is Cc1ccc(CNC(=O)[C@@H]2C[C@@H](n3cnnn3)CN2Cc2ccsc2)cc1. The molecule has 7 nitrogen and oxygen atoms in total. The minimum absolute atomic E-state index is 0.0568. The van der Waals surface area contributed by atoms with Gasteiger partial charge in [-0.1, -0.05) is 29.8 Å². The molecule has 0 bridgehead atoms. The quantitative estimate of drug-likeness (QED) is 0.707. The van der Waals surface area contributed by atoms with E-state index in [1.807, 2.05) is 0 Å². The second-order valence-electron chi connectivity index (χ2n) is 6.96. The highest BCUT2D eigenvalue weighted by atomic mass is 32.1. The van der Waals surface area contributed by atoms with Crippen molar-refractivity contribution in [3.05, 3.63) is 64.1 Å². The minimum atomic E-state index is -0.190. The largest absolute Gasteiger partial charge is 0.351 e. The first kappa shape index (κ1) is 17.8. The van der Waals surface area contributed by atoms with E-state index in [-0.39, 0.29) is 18.0 Å². The number of tetrazole rings is 1. The van der Waals surface area contributed by atoms with Gasteiger partial charge in [-0.2, -0.15) is 11.3 Å². The summed E-state index contributed by atoms with van der Waals surface area (Å²) in [5, 5.41) is 18.8. The Morgan fingerprint density at radius 2 is 2.11 bits per heavy atom. The van der Waals surface area contributed by atoms with Gasteiger partial charge in [0.2, 0.25) is 5.91 Å². The van der Waals surface area contributed by atoms with Crippen molar-refractivity contribution >= 4 is 17.2 Å². The molecule has 0 saturated carbocycles. The van der Waals surface area contributed by atoms with Crippen LogP contribution in [0.4, 0.5) is 0 Å². The lowest BCUT2D eigenvalue weighted by molar-refractivity contribution is -0.125. The lowest BCUT2D eigenvalue weighted by Crippen LogP contribution is -2.42. The number of benzene rings is 1. The maximum atomic E-state index is 12.9. The zero-order valence-corrected chi connectivity index (χ0v) is 16.0. The Morgan fingerprint density at radius 3 is 2.81 bits per heavy atom. The van der Waals surface area contributed by atoms with Crippen LogP contribution in [0.5, 0.6) is 0 Å². The highest BCUT2D eigenvalue weighted by Crippen LogP contribution is 2.28. The molecule has 2 atom stereocenters. The maximum absolute atomic E-state index is 12.9. The number of nitrogens with one attached hydrogen (secondary N) is 1. The van der Waals surface area contributed by atoms with Crippen molar-refractivity contribution in [2.75, 3.05) is 6.54 Å². The first-order valence-electron chi connectivity index (χ1n) is 9.00. The third-order valence-electron chi connectivity index (χ3n) is 4.98. The van der Waals surface area contributed by atoms with Crippen molar-refractivity contribution < 1.29 is 4.79 Å². The van der Waals surface area contributed by atoms with Gasteiger partial charge in [0.1, 0.15) is 6.33 Å². The topological polar surface area (TPSA) is 75.9 Å². The number of likely N-dealkylation sites (tertiary alicyclic amines) is 1. The van der Waals surface area contributed by atoms with Crippen LogP contribution in [-0.2, 0) is 17.9 Å². The van der Waals surface area contributed by atoms with Crippen molar-refractivity contribution in [3.63, 3.8) is 0 Å². The number of hydrogen-bond donors (Lipinski definition) is 1. The molecule has 1 N–H and O–H groups in total. The minimum Gasteiger partial charge on any atom is -0.351 e. The number of carbonyl (C=O) groups excluding carboxylic acids is 1. The van der Waals surface area contributed by atoms with Crippen LogP contribution < -0.4 is 5.32 Å². The van der Waals surface area contributed by atoms with Crippen LogP contribution >= 0.6 is 11.3 Å². The highest BCUT2D eigenvalue weighted by molar-refractivity contribution is 7.07.